The average Bonchev–Trinajstić information content (AvgIpc) is 2.77. The van der Waals surface area contributed by atoms with E-state index < -0.39 is 11.6 Å². The molecule has 1 fully saturated rings. The third-order valence-electron chi connectivity index (χ3n) is 3.70. The molecular formula is C16H22N4O3. The van der Waals surface area contributed by atoms with Crippen LogP contribution in [0, 0.1) is 19.3 Å². The summed E-state index contributed by atoms with van der Waals surface area (Å²) in [6.07, 6.45) is 3.67. The molecule has 0 saturated heterocycles. The van der Waals surface area contributed by atoms with Crippen molar-refractivity contribution in [1.29, 1.82) is 0 Å². The normalized spacial score (nSPS) is 25.4. The SMILES string of the molecule is CC1(C)CC(=O)C(N=C=O)C(C)(N=C=O)C1.Cc1cc(C)[nH]n1. The maximum atomic E-state index is 11.8. The van der Waals surface area contributed by atoms with Crippen molar-refractivity contribution >= 4 is 17.9 Å². The van der Waals surface area contributed by atoms with Crippen LogP contribution in [-0.2, 0) is 14.4 Å². The zero-order valence-electron chi connectivity index (χ0n) is 14.1. The van der Waals surface area contributed by atoms with Gasteiger partial charge in [-0.1, -0.05) is 13.8 Å². The molecule has 124 valence electrons. The molecule has 1 aromatic rings. The van der Waals surface area contributed by atoms with Crippen LogP contribution in [0.5, 0.6) is 0 Å². The first kappa shape index (κ1) is 18.7. The van der Waals surface area contributed by atoms with Gasteiger partial charge >= 0.3 is 0 Å². The van der Waals surface area contributed by atoms with Crippen LogP contribution in [0.25, 0.3) is 0 Å². The number of rotatable bonds is 2. The number of H-pyrrole nitrogens is 1. The monoisotopic (exact) mass is 318 g/mol. The van der Waals surface area contributed by atoms with Gasteiger partial charge in [-0.2, -0.15) is 15.1 Å². The van der Waals surface area contributed by atoms with Crippen LogP contribution in [0.15, 0.2) is 16.1 Å². The number of nitrogens with zero attached hydrogens (tertiary/aromatic N) is 3. The Kier molecular flexibility index (Phi) is 5.91. The molecule has 1 aliphatic rings. The summed E-state index contributed by atoms with van der Waals surface area (Å²) in [5, 5.41) is 6.71. The van der Waals surface area contributed by atoms with E-state index in [4.69, 9.17) is 0 Å². The summed E-state index contributed by atoms with van der Waals surface area (Å²) in [7, 11) is 0. The van der Waals surface area contributed by atoms with Gasteiger partial charge in [0, 0.05) is 12.1 Å². The van der Waals surface area contributed by atoms with Crippen LogP contribution in [0.4, 0.5) is 0 Å². The Bertz CT molecular complexity index is 650. The second-order valence-electron chi connectivity index (χ2n) is 6.86. The highest BCUT2D eigenvalue weighted by molar-refractivity contribution is 5.88. The Morgan fingerprint density at radius 2 is 1.91 bits per heavy atom. The van der Waals surface area contributed by atoms with E-state index in [-0.39, 0.29) is 11.2 Å². The fourth-order valence-corrected chi connectivity index (χ4v) is 3.07. The number of aryl methyl sites for hydroxylation is 2. The van der Waals surface area contributed by atoms with Gasteiger partial charge in [-0.15, -0.1) is 0 Å². The van der Waals surface area contributed by atoms with Gasteiger partial charge in [-0.05, 0) is 38.7 Å². The molecule has 1 heterocycles. The second kappa shape index (κ2) is 7.27. The fourth-order valence-electron chi connectivity index (χ4n) is 3.07. The predicted molar refractivity (Wildman–Crippen MR) is 84.5 cm³/mol. The minimum absolute atomic E-state index is 0.180. The molecule has 2 rings (SSSR count). The summed E-state index contributed by atoms with van der Waals surface area (Å²) in [6.45, 7) is 9.43. The standard InChI is InChI=1S/C11H14N2O3.C5H8N2/c1-10(2)4-8(16)9(12-6-14)11(3,5-10)13-7-15;1-4-3-5(2)7-6-4/h9H,4-5H2,1-3H3;3H,1-2H3,(H,6,7). The number of isocyanates is 2. The number of aromatic nitrogens is 2. The van der Waals surface area contributed by atoms with Gasteiger partial charge in [0.2, 0.25) is 12.2 Å². The number of ketones is 1. The highest BCUT2D eigenvalue weighted by Crippen LogP contribution is 2.42. The quantitative estimate of drug-likeness (QED) is 0.666. The van der Waals surface area contributed by atoms with Crippen LogP contribution in [0.2, 0.25) is 0 Å². The van der Waals surface area contributed by atoms with Crippen molar-refractivity contribution in [3.05, 3.63) is 17.5 Å². The highest BCUT2D eigenvalue weighted by atomic mass is 16.1. The molecule has 7 heteroatoms. The van der Waals surface area contributed by atoms with Gasteiger partial charge in [-0.3, -0.25) is 9.89 Å². The van der Waals surface area contributed by atoms with Gasteiger partial charge in [0.05, 0.1) is 5.69 Å². The van der Waals surface area contributed by atoms with Crippen molar-refractivity contribution in [2.24, 2.45) is 15.4 Å². The summed E-state index contributed by atoms with van der Waals surface area (Å²) >= 11 is 0. The second-order valence-corrected chi connectivity index (χ2v) is 6.86. The number of carbonyl (C=O) groups excluding carboxylic acids is 3. The summed E-state index contributed by atoms with van der Waals surface area (Å²) < 4.78 is 0. The summed E-state index contributed by atoms with van der Waals surface area (Å²) in [6, 6.07) is 1.10. The van der Waals surface area contributed by atoms with Crippen LogP contribution in [0.3, 0.4) is 0 Å². The summed E-state index contributed by atoms with van der Waals surface area (Å²) in [5.74, 6) is -0.180. The summed E-state index contributed by atoms with van der Waals surface area (Å²) in [5.41, 5.74) is 0.953. The zero-order chi connectivity index (χ0) is 17.7. The van der Waals surface area contributed by atoms with E-state index in [1.54, 1.807) is 6.92 Å². The first-order valence-electron chi connectivity index (χ1n) is 7.31. The molecule has 0 spiro atoms. The Balaban J connectivity index is 0.000000313. The fraction of sp³-hybridized carbons (Fsp3) is 0.625. The molecule has 1 N–H and O–H groups in total. The lowest BCUT2D eigenvalue weighted by atomic mass is 9.66. The number of carbonyl (C=O) groups is 1. The van der Waals surface area contributed by atoms with E-state index in [0.29, 0.717) is 12.8 Å². The third-order valence-corrected chi connectivity index (χ3v) is 3.70. The first-order chi connectivity index (χ1) is 10.6. The van der Waals surface area contributed by atoms with E-state index in [0.717, 1.165) is 11.4 Å². The maximum absolute atomic E-state index is 11.8. The number of aromatic amines is 1. The van der Waals surface area contributed by atoms with Crippen molar-refractivity contribution in [1.82, 2.24) is 10.2 Å². The van der Waals surface area contributed by atoms with Crippen molar-refractivity contribution in [3.8, 4) is 0 Å². The maximum Gasteiger partial charge on any atom is 0.235 e. The predicted octanol–water partition coefficient (Wildman–Crippen LogP) is 2.20. The largest absolute Gasteiger partial charge is 0.297 e. The van der Waals surface area contributed by atoms with Crippen LogP contribution >= 0.6 is 0 Å². The van der Waals surface area contributed by atoms with Crippen molar-refractivity contribution in [3.63, 3.8) is 0 Å². The molecular weight excluding hydrogens is 296 g/mol. The van der Waals surface area contributed by atoms with E-state index in [9.17, 15) is 14.4 Å². The highest BCUT2D eigenvalue weighted by Gasteiger charge is 2.49. The third kappa shape index (κ3) is 5.09. The Hall–Kier alpha value is -2.36. The number of hydrogen-bond donors (Lipinski definition) is 1. The zero-order valence-corrected chi connectivity index (χ0v) is 14.1. The average molecular weight is 318 g/mol. The molecule has 0 aromatic carbocycles. The van der Waals surface area contributed by atoms with Crippen LogP contribution in [0.1, 0.15) is 45.0 Å². The minimum Gasteiger partial charge on any atom is -0.297 e. The molecule has 2 unspecified atom stereocenters. The Labute approximate surface area is 135 Å². The number of Topliss-reactive ketones (excluding diaryl/α,β-unsaturated/α-hetero) is 1. The smallest absolute Gasteiger partial charge is 0.235 e. The van der Waals surface area contributed by atoms with E-state index in [2.05, 4.69) is 20.2 Å². The molecule has 2 atom stereocenters. The lowest BCUT2D eigenvalue weighted by molar-refractivity contribution is -0.126. The molecule has 0 amide bonds. The Morgan fingerprint density at radius 3 is 2.30 bits per heavy atom. The van der Waals surface area contributed by atoms with Crippen molar-refractivity contribution in [2.45, 2.75) is 59.0 Å². The van der Waals surface area contributed by atoms with Crippen LogP contribution in [-0.4, -0.2) is 39.7 Å². The minimum atomic E-state index is -0.974. The lowest BCUT2D eigenvalue weighted by Gasteiger charge is -2.41. The molecule has 0 radical (unpaired) electrons. The summed E-state index contributed by atoms with van der Waals surface area (Å²) in [4.78, 5) is 39.7. The lowest BCUT2D eigenvalue weighted by Crippen LogP contribution is -2.50. The van der Waals surface area contributed by atoms with Crippen molar-refractivity contribution in [2.75, 3.05) is 0 Å². The molecule has 0 bridgehead atoms. The first-order valence-corrected chi connectivity index (χ1v) is 7.31. The molecule has 7 nitrogen and oxygen atoms in total. The van der Waals surface area contributed by atoms with Gasteiger partial charge in [-0.25, -0.2) is 9.59 Å². The van der Waals surface area contributed by atoms with Gasteiger partial charge in [0.1, 0.15) is 11.6 Å². The molecule has 1 aliphatic carbocycles. The van der Waals surface area contributed by atoms with E-state index in [1.807, 2.05) is 33.8 Å². The van der Waals surface area contributed by atoms with E-state index >= 15 is 0 Å². The van der Waals surface area contributed by atoms with Gasteiger partial charge in [0.25, 0.3) is 0 Å². The van der Waals surface area contributed by atoms with Gasteiger partial charge in [0.15, 0.2) is 5.78 Å². The number of aliphatic imine (C=N–C) groups is 2. The van der Waals surface area contributed by atoms with E-state index in [1.165, 1.54) is 12.2 Å². The molecule has 23 heavy (non-hydrogen) atoms. The van der Waals surface area contributed by atoms with Crippen molar-refractivity contribution < 1.29 is 14.4 Å². The topological polar surface area (TPSA) is 105 Å². The van der Waals surface area contributed by atoms with Crippen LogP contribution < -0.4 is 0 Å². The molecule has 1 aromatic heterocycles. The number of nitrogens with one attached hydrogen (secondary N) is 1. The Morgan fingerprint density at radius 1 is 1.26 bits per heavy atom. The number of hydrogen-bond acceptors (Lipinski definition) is 6. The van der Waals surface area contributed by atoms with Gasteiger partial charge < -0.3 is 0 Å². The molecule has 0 aliphatic heterocycles. The molecule has 1 saturated carbocycles.